The topological polar surface area (TPSA) is 216 Å². The molecule has 14 nitrogen and oxygen atoms in total. The Morgan fingerprint density at radius 2 is 1.00 bits per heavy atom. The number of halogens is 6. The zero-order valence-electron chi connectivity index (χ0n) is 35.2. The Bertz CT molecular complexity index is 2630. The summed E-state index contributed by atoms with van der Waals surface area (Å²) in [5, 5.41) is 22.6. The zero-order valence-corrected chi connectivity index (χ0v) is 35.2. The highest BCUT2D eigenvalue weighted by atomic mass is 19.4. The van der Waals surface area contributed by atoms with Crippen LogP contribution in [0.25, 0.3) is 12.2 Å². The van der Waals surface area contributed by atoms with E-state index in [1.54, 1.807) is 0 Å². The van der Waals surface area contributed by atoms with Gasteiger partial charge in [-0.3, -0.25) is 9.59 Å². The van der Waals surface area contributed by atoms with Crippen LogP contribution in [0.1, 0.15) is 49.7 Å². The number of benzene rings is 5. The molecule has 0 aromatic heterocycles. The fraction of sp³-hybridized carbons (Fsp3) is 0.191. The standard InChI is InChI=1S/C47H40F6N2O12/c1-62-40-21-29(9-16-38(40)64-25-45(48,49)50)43(58)66-35-12-4-27(5-13-35)3-11-34(56)24-37(31-19-32(54)23-33(55)20-31)47(60,61)42(57)18-8-28-6-14-36(15-7-28)67-44(59)30-10-17-39(41(22-30)63-2)65-26-46(51,52)53/h3-23,37,60-61H,24-26,54-55H2,1-2H3/b11-3+,18-8+. The van der Waals surface area contributed by atoms with Gasteiger partial charge in [-0.2, -0.15) is 26.3 Å². The fourth-order valence-corrected chi connectivity index (χ4v) is 6.09. The van der Waals surface area contributed by atoms with E-state index in [0.717, 1.165) is 36.4 Å². The minimum absolute atomic E-state index is 0.0400. The van der Waals surface area contributed by atoms with Crippen molar-refractivity contribution < 1.29 is 84.2 Å². The second-order valence-corrected chi connectivity index (χ2v) is 14.4. The van der Waals surface area contributed by atoms with Gasteiger partial charge in [0.2, 0.25) is 11.6 Å². The molecule has 352 valence electrons. The molecule has 0 fully saturated rings. The maximum absolute atomic E-state index is 13.4. The number of hydrogen-bond donors (Lipinski definition) is 4. The van der Waals surface area contributed by atoms with E-state index in [4.69, 9.17) is 39.9 Å². The molecule has 20 heteroatoms. The van der Waals surface area contributed by atoms with Crippen LogP contribution < -0.4 is 39.9 Å². The van der Waals surface area contributed by atoms with Gasteiger partial charge in [0.15, 0.2) is 42.0 Å². The molecular weight excluding hydrogens is 899 g/mol. The molecule has 0 aliphatic heterocycles. The molecule has 5 rings (SSSR count). The number of carbonyl (C=O) groups is 4. The van der Waals surface area contributed by atoms with Gasteiger partial charge in [-0.05, 0) is 108 Å². The van der Waals surface area contributed by atoms with Gasteiger partial charge >= 0.3 is 24.3 Å². The molecular formula is C47H40F6N2O12. The van der Waals surface area contributed by atoms with Crippen LogP contribution in [-0.4, -0.2) is 79.3 Å². The molecule has 0 heterocycles. The quantitative estimate of drug-likeness (QED) is 0.0155. The molecule has 0 aliphatic carbocycles. The SMILES string of the molecule is COc1cc(C(=O)Oc2ccc(/C=C/C(=O)CC(c3cc(N)cc(N)c3)C(O)(O)C(=O)/C=C/c3ccc(OC(=O)c4ccc(OCC(F)(F)F)c(OC)c4)cc3)cc2)ccc1OCC(F)(F)F. The lowest BCUT2D eigenvalue weighted by atomic mass is 9.83. The number of ether oxygens (including phenoxy) is 6. The zero-order chi connectivity index (χ0) is 49.1. The molecule has 0 amide bonds. The highest BCUT2D eigenvalue weighted by Gasteiger charge is 2.42. The van der Waals surface area contributed by atoms with Crippen LogP contribution in [-0.2, 0) is 9.59 Å². The number of anilines is 2. The Balaban J connectivity index is 1.23. The van der Waals surface area contributed by atoms with Crippen LogP contribution in [0.4, 0.5) is 37.7 Å². The lowest BCUT2D eigenvalue weighted by Gasteiger charge is -2.29. The maximum atomic E-state index is 13.4. The third-order valence-corrected chi connectivity index (χ3v) is 9.31. The van der Waals surface area contributed by atoms with Crippen molar-refractivity contribution in [3.05, 3.63) is 143 Å². The van der Waals surface area contributed by atoms with Crippen molar-refractivity contribution >= 4 is 47.0 Å². The van der Waals surface area contributed by atoms with Gasteiger partial charge in [0.25, 0.3) is 0 Å². The summed E-state index contributed by atoms with van der Waals surface area (Å²) in [7, 11) is 2.37. The maximum Gasteiger partial charge on any atom is 0.422 e. The van der Waals surface area contributed by atoms with Gasteiger partial charge in [0.1, 0.15) is 11.5 Å². The number of aliphatic hydroxyl groups is 2. The largest absolute Gasteiger partial charge is 0.493 e. The molecule has 0 aliphatic rings. The van der Waals surface area contributed by atoms with Crippen molar-refractivity contribution in [1.82, 2.24) is 0 Å². The van der Waals surface area contributed by atoms with Crippen LogP contribution in [0.2, 0.25) is 0 Å². The van der Waals surface area contributed by atoms with Crippen LogP contribution in [0.5, 0.6) is 34.5 Å². The van der Waals surface area contributed by atoms with Crippen LogP contribution >= 0.6 is 0 Å². The number of allylic oxidation sites excluding steroid dienone is 1. The summed E-state index contributed by atoms with van der Waals surface area (Å²) in [6, 6.07) is 22.3. The first kappa shape index (κ1) is 50.2. The van der Waals surface area contributed by atoms with Crippen molar-refractivity contribution in [3.8, 4) is 34.5 Å². The van der Waals surface area contributed by atoms with E-state index in [-0.39, 0.29) is 62.6 Å². The number of nitrogens with two attached hydrogens (primary N) is 2. The van der Waals surface area contributed by atoms with Crippen molar-refractivity contribution in [2.75, 3.05) is 38.9 Å². The molecule has 0 saturated heterocycles. The van der Waals surface area contributed by atoms with Gasteiger partial charge in [-0.25, -0.2) is 9.59 Å². The molecule has 1 atom stereocenters. The van der Waals surface area contributed by atoms with E-state index < -0.39 is 67.2 Å². The van der Waals surface area contributed by atoms with Gasteiger partial charge in [-0.1, -0.05) is 36.4 Å². The minimum atomic E-state index is -4.60. The Hall–Kier alpha value is -7.84. The third kappa shape index (κ3) is 14.6. The summed E-state index contributed by atoms with van der Waals surface area (Å²) >= 11 is 0. The predicted octanol–water partition coefficient (Wildman–Crippen LogP) is 7.91. The summed E-state index contributed by atoms with van der Waals surface area (Å²) in [6.45, 7) is -3.14. The van der Waals surface area contributed by atoms with Gasteiger partial charge in [-0.15, -0.1) is 0 Å². The number of nitrogen functional groups attached to an aromatic ring is 2. The molecule has 1 unspecified atom stereocenters. The number of ketones is 2. The highest BCUT2D eigenvalue weighted by Crippen LogP contribution is 2.35. The summed E-state index contributed by atoms with van der Waals surface area (Å²) in [6.07, 6.45) is -5.21. The van der Waals surface area contributed by atoms with Crippen LogP contribution in [0.15, 0.2) is 115 Å². The van der Waals surface area contributed by atoms with Crippen molar-refractivity contribution in [3.63, 3.8) is 0 Å². The van der Waals surface area contributed by atoms with E-state index in [1.807, 2.05) is 0 Å². The van der Waals surface area contributed by atoms with Crippen molar-refractivity contribution in [2.24, 2.45) is 0 Å². The summed E-state index contributed by atoms with van der Waals surface area (Å²) in [5.74, 6) is -9.04. The second-order valence-electron chi connectivity index (χ2n) is 14.4. The Kier molecular flexibility index (Phi) is 16.0. The van der Waals surface area contributed by atoms with Crippen LogP contribution in [0.3, 0.4) is 0 Å². The van der Waals surface area contributed by atoms with E-state index in [0.29, 0.717) is 11.1 Å². The molecule has 5 aromatic carbocycles. The Morgan fingerprint density at radius 1 is 0.582 bits per heavy atom. The first-order valence-corrected chi connectivity index (χ1v) is 19.5. The van der Waals surface area contributed by atoms with Crippen LogP contribution in [0, 0.1) is 0 Å². The molecule has 0 spiro atoms. The smallest absolute Gasteiger partial charge is 0.422 e. The monoisotopic (exact) mass is 938 g/mol. The number of carbonyl (C=O) groups excluding carboxylic acids is 4. The number of esters is 2. The summed E-state index contributed by atoms with van der Waals surface area (Å²) < 4.78 is 106. The first-order chi connectivity index (χ1) is 31.5. The summed E-state index contributed by atoms with van der Waals surface area (Å²) in [4.78, 5) is 52.3. The molecule has 0 saturated carbocycles. The average Bonchev–Trinajstić information content (AvgIpc) is 3.27. The predicted molar refractivity (Wildman–Crippen MR) is 230 cm³/mol. The Morgan fingerprint density at radius 3 is 1.40 bits per heavy atom. The van der Waals surface area contributed by atoms with Crippen molar-refractivity contribution in [2.45, 2.75) is 30.5 Å². The molecule has 0 bridgehead atoms. The minimum Gasteiger partial charge on any atom is -0.493 e. The second kappa shape index (κ2) is 21.4. The van der Waals surface area contributed by atoms with E-state index in [9.17, 15) is 55.7 Å². The number of hydrogen-bond acceptors (Lipinski definition) is 14. The molecule has 67 heavy (non-hydrogen) atoms. The van der Waals surface area contributed by atoms with E-state index in [1.165, 1.54) is 105 Å². The molecule has 6 N–H and O–H groups in total. The van der Waals surface area contributed by atoms with Crippen molar-refractivity contribution in [1.29, 1.82) is 0 Å². The third-order valence-electron chi connectivity index (χ3n) is 9.31. The normalized spacial score (nSPS) is 12.4. The lowest BCUT2D eigenvalue weighted by molar-refractivity contribution is -0.187. The van der Waals surface area contributed by atoms with E-state index >= 15 is 0 Å². The van der Waals surface area contributed by atoms with Gasteiger partial charge < -0.3 is 50.1 Å². The fourth-order valence-electron chi connectivity index (χ4n) is 6.09. The number of methoxy groups -OCH3 is 2. The average molecular weight is 939 g/mol. The molecule has 5 aromatic rings. The lowest BCUT2D eigenvalue weighted by Crippen LogP contribution is -2.44. The Labute approximate surface area is 377 Å². The first-order valence-electron chi connectivity index (χ1n) is 19.5. The highest BCUT2D eigenvalue weighted by molar-refractivity contribution is 6.01. The number of alkyl halides is 6. The van der Waals surface area contributed by atoms with Gasteiger partial charge in [0, 0.05) is 17.8 Å². The summed E-state index contributed by atoms with van der Waals surface area (Å²) in [5.41, 5.74) is 12.9. The molecule has 0 radical (unpaired) electrons. The van der Waals surface area contributed by atoms with Gasteiger partial charge in [0.05, 0.1) is 31.3 Å². The number of rotatable bonds is 19. The van der Waals surface area contributed by atoms with E-state index in [2.05, 4.69) is 0 Å².